The summed E-state index contributed by atoms with van der Waals surface area (Å²) in [7, 11) is 5.68. The van der Waals surface area contributed by atoms with Crippen molar-refractivity contribution in [3.63, 3.8) is 0 Å². The third kappa shape index (κ3) is 2.01. The Hall–Kier alpha value is -1.88. The average molecular weight is 235 g/mol. The highest BCUT2D eigenvalue weighted by Gasteiger charge is 2.33. The minimum absolute atomic E-state index is 0.103. The van der Waals surface area contributed by atoms with Gasteiger partial charge in [-0.3, -0.25) is 14.6 Å². The van der Waals surface area contributed by atoms with Crippen LogP contribution in [0.3, 0.4) is 0 Å². The fraction of sp³-hybridized carbons (Fsp3) is 0.333. The second kappa shape index (κ2) is 3.85. The largest absolute Gasteiger partial charge is 0.483 e. The molecule has 0 amide bonds. The molecule has 0 atom stereocenters. The molecule has 0 fully saturated rings. The number of hydrogen-bond acceptors (Lipinski definition) is 3. The highest BCUT2D eigenvalue weighted by Crippen LogP contribution is 2.43. The van der Waals surface area contributed by atoms with Crippen LogP contribution in [-0.4, -0.2) is 32.7 Å². The summed E-state index contributed by atoms with van der Waals surface area (Å²) >= 11 is 0. The number of benzene rings is 1. The van der Waals surface area contributed by atoms with E-state index in [4.69, 9.17) is 4.74 Å². The maximum absolute atomic E-state index is 11.1. The zero-order valence-corrected chi connectivity index (χ0v) is 10.1. The third-order valence-electron chi connectivity index (χ3n) is 2.63. The molecule has 2 rings (SSSR count). The van der Waals surface area contributed by atoms with Gasteiger partial charge in [-0.2, -0.15) is 0 Å². The van der Waals surface area contributed by atoms with Crippen LogP contribution in [0.4, 0.5) is 11.4 Å². The fourth-order valence-electron chi connectivity index (χ4n) is 1.96. The Morgan fingerprint density at radius 2 is 2.06 bits per heavy atom. The predicted octanol–water partition coefficient (Wildman–Crippen LogP) is 2.20. The number of quaternary nitrogens is 1. The molecule has 0 aliphatic carbocycles. The Bertz CT molecular complexity index is 501. The molecule has 5 heteroatoms. The van der Waals surface area contributed by atoms with Gasteiger partial charge in [-0.1, -0.05) is 6.08 Å². The normalized spacial score (nSPS) is 14.1. The zero-order chi connectivity index (χ0) is 12.6. The molecule has 1 heterocycles. The molecule has 0 aromatic heterocycles. The highest BCUT2D eigenvalue weighted by atomic mass is 16.6. The zero-order valence-electron chi connectivity index (χ0n) is 10.1. The molecule has 1 aliphatic heterocycles. The van der Waals surface area contributed by atoms with E-state index in [0.29, 0.717) is 22.5 Å². The van der Waals surface area contributed by atoms with Crippen LogP contribution < -0.4 is 9.22 Å². The maximum atomic E-state index is 11.1. The molecule has 0 spiro atoms. The molecule has 90 valence electrons. The van der Waals surface area contributed by atoms with Gasteiger partial charge in [-0.25, -0.2) is 0 Å². The smallest absolute Gasteiger partial charge is 0.333 e. The van der Waals surface area contributed by atoms with E-state index in [1.54, 1.807) is 6.07 Å². The van der Waals surface area contributed by atoms with E-state index in [1.807, 2.05) is 33.3 Å². The lowest BCUT2D eigenvalue weighted by atomic mass is 10.1. The monoisotopic (exact) mass is 235 g/mol. The fourth-order valence-corrected chi connectivity index (χ4v) is 1.96. The van der Waals surface area contributed by atoms with Crippen molar-refractivity contribution in [2.24, 2.45) is 0 Å². The van der Waals surface area contributed by atoms with E-state index in [2.05, 4.69) is 0 Å². The summed E-state index contributed by atoms with van der Waals surface area (Å²) in [5, 5.41) is 11.1. The average Bonchev–Trinajstić information content (AvgIpc) is 2.26. The molecule has 0 saturated heterocycles. The van der Waals surface area contributed by atoms with Crippen LogP contribution >= 0.6 is 0 Å². The van der Waals surface area contributed by atoms with Crippen LogP contribution in [-0.2, 0) is 0 Å². The van der Waals surface area contributed by atoms with Crippen molar-refractivity contribution >= 4 is 17.5 Å². The van der Waals surface area contributed by atoms with E-state index < -0.39 is 0 Å². The van der Waals surface area contributed by atoms with Crippen molar-refractivity contribution in [2.75, 3.05) is 27.7 Å². The number of hydrogen-bond donors (Lipinski definition) is 0. The van der Waals surface area contributed by atoms with Gasteiger partial charge < -0.3 is 4.74 Å². The second-order valence-corrected chi connectivity index (χ2v) is 4.83. The topological polar surface area (TPSA) is 52.4 Å². The number of nitrogens with zero attached hydrogens (tertiary/aromatic N) is 2. The van der Waals surface area contributed by atoms with E-state index >= 15 is 0 Å². The molecule has 0 bridgehead atoms. The summed E-state index contributed by atoms with van der Waals surface area (Å²) in [4.78, 5) is 10.7. The number of nitro groups is 1. The van der Waals surface area contributed by atoms with Crippen molar-refractivity contribution in [1.29, 1.82) is 0 Å². The summed E-state index contributed by atoms with van der Waals surface area (Å²) in [6.07, 6.45) is 3.83. The maximum Gasteiger partial charge on any atom is 0.333 e. The van der Waals surface area contributed by atoms with Crippen molar-refractivity contribution in [3.05, 3.63) is 33.9 Å². The molecule has 5 nitrogen and oxygen atoms in total. The van der Waals surface area contributed by atoms with Gasteiger partial charge in [0.25, 0.3) is 5.69 Å². The molecule has 0 radical (unpaired) electrons. The number of rotatable bonds is 2. The van der Waals surface area contributed by atoms with Crippen LogP contribution in [0, 0.1) is 10.1 Å². The molecular formula is C12H15N2O3+. The lowest BCUT2D eigenvalue weighted by Crippen LogP contribution is -2.36. The van der Waals surface area contributed by atoms with Gasteiger partial charge in [0, 0.05) is 11.6 Å². The summed E-state index contributed by atoms with van der Waals surface area (Å²) in [6, 6.07) is 3.26. The molecule has 17 heavy (non-hydrogen) atoms. The Balaban J connectivity index is 2.74. The van der Waals surface area contributed by atoms with Gasteiger partial charge >= 0.3 is 5.69 Å². The molecule has 1 aromatic rings. The Labute approximate surface area is 99.7 Å². The van der Waals surface area contributed by atoms with Gasteiger partial charge in [0.15, 0.2) is 5.75 Å². The summed E-state index contributed by atoms with van der Waals surface area (Å²) in [5.41, 5.74) is 1.60. The van der Waals surface area contributed by atoms with Crippen molar-refractivity contribution in [1.82, 2.24) is 4.48 Å². The highest BCUT2D eigenvalue weighted by molar-refractivity contribution is 5.77. The van der Waals surface area contributed by atoms with Crippen LogP contribution in [0.5, 0.6) is 5.75 Å². The minimum Gasteiger partial charge on any atom is -0.483 e. The molecular weight excluding hydrogens is 220 g/mol. The van der Waals surface area contributed by atoms with Gasteiger partial charge in [0.2, 0.25) is 0 Å². The molecule has 0 saturated carbocycles. The van der Waals surface area contributed by atoms with Gasteiger partial charge in [-0.15, -0.1) is 0 Å². The lowest BCUT2D eigenvalue weighted by molar-refractivity contribution is -0.384. The third-order valence-corrected chi connectivity index (χ3v) is 2.63. The number of nitro benzene ring substituents is 1. The Morgan fingerprint density at radius 3 is 2.65 bits per heavy atom. The van der Waals surface area contributed by atoms with Crippen LogP contribution in [0.25, 0.3) is 6.08 Å². The van der Waals surface area contributed by atoms with Crippen molar-refractivity contribution in [3.8, 4) is 5.75 Å². The number of fused-ring (bicyclic) bond motifs is 1. The molecule has 1 aromatic carbocycles. The standard InChI is InChI=1S/C12H15N2O3/c1-14(2,3)11-10(13(15)16)7-6-9-5-4-8-17-12(9)11/h4-7H,8H2,1-3H3/q+1. The van der Waals surface area contributed by atoms with Gasteiger partial charge in [-0.05, 0) is 12.1 Å². The molecule has 1 aliphatic rings. The Morgan fingerprint density at radius 1 is 1.35 bits per heavy atom. The lowest BCUT2D eigenvalue weighted by Gasteiger charge is -2.26. The van der Waals surface area contributed by atoms with Crippen LogP contribution in [0.2, 0.25) is 0 Å². The predicted molar refractivity (Wildman–Crippen MR) is 67.2 cm³/mol. The summed E-state index contributed by atoms with van der Waals surface area (Å²) < 4.78 is 5.92. The van der Waals surface area contributed by atoms with Crippen molar-refractivity contribution < 1.29 is 9.66 Å². The van der Waals surface area contributed by atoms with E-state index in [0.717, 1.165) is 5.56 Å². The van der Waals surface area contributed by atoms with Crippen molar-refractivity contribution in [2.45, 2.75) is 0 Å². The Kier molecular flexibility index (Phi) is 2.63. The van der Waals surface area contributed by atoms with Gasteiger partial charge in [0.1, 0.15) is 6.61 Å². The number of ether oxygens (including phenoxy) is 1. The first-order valence-corrected chi connectivity index (χ1v) is 5.34. The first kappa shape index (κ1) is 11.6. The van der Waals surface area contributed by atoms with Crippen LogP contribution in [0.15, 0.2) is 18.2 Å². The summed E-state index contributed by atoms with van der Waals surface area (Å²) in [5.74, 6) is 0.620. The second-order valence-electron chi connectivity index (χ2n) is 4.83. The molecule has 0 N–H and O–H groups in total. The SMILES string of the molecule is C[N+](C)(C)c1c([N+](=O)[O-])ccc2c1OCC=C2. The molecule has 0 unspecified atom stereocenters. The quantitative estimate of drug-likeness (QED) is 0.448. The van der Waals surface area contributed by atoms with Gasteiger partial charge in [0.05, 0.1) is 26.1 Å². The first-order chi connectivity index (χ1) is 7.91. The first-order valence-electron chi connectivity index (χ1n) is 5.34. The minimum atomic E-state index is -0.360. The van der Waals surface area contributed by atoms with E-state index in [1.165, 1.54) is 6.07 Å². The van der Waals surface area contributed by atoms with E-state index in [9.17, 15) is 10.1 Å². The van der Waals surface area contributed by atoms with E-state index in [-0.39, 0.29) is 10.6 Å². The summed E-state index contributed by atoms with van der Waals surface area (Å²) in [6.45, 7) is 0.459. The van der Waals surface area contributed by atoms with Crippen LogP contribution in [0.1, 0.15) is 5.56 Å².